The number of aryl methyl sites for hydroxylation is 2. The van der Waals surface area contributed by atoms with E-state index in [0.717, 1.165) is 22.3 Å². The summed E-state index contributed by atoms with van der Waals surface area (Å²) in [5, 5.41) is 3.51. The van der Waals surface area contributed by atoms with Crippen LogP contribution in [0.5, 0.6) is 17.2 Å². The Kier molecular flexibility index (Phi) is 7.81. The van der Waals surface area contributed by atoms with Gasteiger partial charge in [-0.25, -0.2) is 0 Å². The zero-order chi connectivity index (χ0) is 26.0. The lowest BCUT2D eigenvalue weighted by Gasteiger charge is -2.20. The molecule has 1 N–H and O–H groups in total. The summed E-state index contributed by atoms with van der Waals surface area (Å²) in [7, 11) is 4.72. The van der Waals surface area contributed by atoms with E-state index in [0.29, 0.717) is 51.1 Å². The Morgan fingerprint density at radius 3 is 2.44 bits per heavy atom. The van der Waals surface area contributed by atoms with Crippen LogP contribution in [0.1, 0.15) is 39.5 Å². The molecule has 0 spiro atoms. The molecule has 0 aliphatic heterocycles. The highest BCUT2D eigenvalue weighted by Crippen LogP contribution is 2.50. The van der Waals surface area contributed by atoms with Gasteiger partial charge in [0.05, 0.1) is 42.9 Å². The minimum Gasteiger partial charge on any atom is -0.493 e. The monoisotopic (exact) mass is 525 g/mol. The normalized spacial score (nSPS) is 14.2. The van der Waals surface area contributed by atoms with Gasteiger partial charge in [-0.15, -0.1) is 11.8 Å². The second-order valence-corrected chi connectivity index (χ2v) is 9.76. The molecule has 0 fully saturated rings. The van der Waals surface area contributed by atoms with Crippen molar-refractivity contribution in [3.8, 4) is 28.4 Å². The first kappa shape index (κ1) is 25.9. The van der Waals surface area contributed by atoms with Crippen molar-refractivity contribution in [2.45, 2.75) is 30.7 Å². The molecule has 1 aliphatic rings. The Labute approximate surface area is 219 Å². The molecule has 0 saturated heterocycles. The van der Waals surface area contributed by atoms with Gasteiger partial charge in [0.2, 0.25) is 5.75 Å². The van der Waals surface area contributed by atoms with Crippen molar-refractivity contribution in [3.63, 3.8) is 0 Å². The molecule has 0 heterocycles. The average Bonchev–Trinajstić information content (AvgIpc) is 3.12. The van der Waals surface area contributed by atoms with E-state index in [-0.39, 0.29) is 11.3 Å². The van der Waals surface area contributed by atoms with E-state index >= 15 is 0 Å². The van der Waals surface area contributed by atoms with Crippen molar-refractivity contribution < 1.29 is 19.0 Å². The van der Waals surface area contributed by atoms with Gasteiger partial charge in [-0.05, 0) is 73.0 Å². The Morgan fingerprint density at radius 2 is 1.78 bits per heavy atom. The molecule has 0 aromatic heterocycles. The fourth-order valence-corrected chi connectivity index (χ4v) is 5.33. The van der Waals surface area contributed by atoms with Crippen molar-refractivity contribution in [1.82, 2.24) is 5.32 Å². The third kappa shape index (κ3) is 4.77. The van der Waals surface area contributed by atoms with Gasteiger partial charge in [-0.1, -0.05) is 29.3 Å². The number of methoxy groups -OCH3 is 3. The average molecular weight is 526 g/mol. The van der Waals surface area contributed by atoms with Gasteiger partial charge in [0.1, 0.15) is 0 Å². The number of benzene rings is 2. The smallest absolute Gasteiger partial charge is 0.253 e. The van der Waals surface area contributed by atoms with Gasteiger partial charge in [0, 0.05) is 5.56 Å². The molecule has 0 bridgehead atoms. The van der Waals surface area contributed by atoms with Crippen molar-refractivity contribution >= 4 is 29.3 Å². The molecule has 0 unspecified atom stereocenters. The standard InChI is InChI=1S/C28H28ClNO5S/c1-15-6-9-20(29)19(12-15)28(32)30-21-10-7-16-13-23(33-2)26(34-3)27(35-4)25(16)17-8-11-24(36-5)22(31)14-18(17)21/h6,8-9,11-14,21H,7,10H2,1-5H3,(H,30,32)/t21-/m0/s1. The largest absolute Gasteiger partial charge is 0.493 e. The molecule has 1 amide bonds. The summed E-state index contributed by atoms with van der Waals surface area (Å²) in [4.78, 5) is 27.0. The molecule has 1 atom stereocenters. The highest BCUT2D eigenvalue weighted by atomic mass is 35.5. The summed E-state index contributed by atoms with van der Waals surface area (Å²) < 4.78 is 17.1. The second-order valence-electron chi connectivity index (χ2n) is 8.51. The van der Waals surface area contributed by atoms with Gasteiger partial charge in [-0.3, -0.25) is 9.59 Å². The summed E-state index contributed by atoms with van der Waals surface area (Å²) in [6, 6.07) is 12.2. The van der Waals surface area contributed by atoms with Crippen molar-refractivity contribution in [2.75, 3.05) is 27.6 Å². The van der Waals surface area contributed by atoms with Crippen LogP contribution in [0.25, 0.3) is 11.1 Å². The van der Waals surface area contributed by atoms with Crippen LogP contribution in [0.4, 0.5) is 0 Å². The van der Waals surface area contributed by atoms with Gasteiger partial charge in [0.25, 0.3) is 5.91 Å². The fraction of sp³-hybridized carbons (Fsp3) is 0.286. The van der Waals surface area contributed by atoms with Crippen molar-refractivity contribution in [1.29, 1.82) is 0 Å². The zero-order valence-electron chi connectivity index (χ0n) is 20.9. The van der Waals surface area contributed by atoms with Gasteiger partial charge >= 0.3 is 0 Å². The predicted molar refractivity (Wildman–Crippen MR) is 144 cm³/mol. The summed E-state index contributed by atoms with van der Waals surface area (Å²) in [5.74, 6) is 1.25. The number of fused-ring (bicyclic) bond motifs is 3. The van der Waals surface area contributed by atoms with Crippen LogP contribution in [0.3, 0.4) is 0 Å². The van der Waals surface area contributed by atoms with E-state index in [4.69, 9.17) is 25.8 Å². The van der Waals surface area contributed by atoms with Gasteiger partial charge < -0.3 is 19.5 Å². The topological polar surface area (TPSA) is 73.9 Å². The molecule has 36 heavy (non-hydrogen) atoms. The number of halogens is 1. The Morgan fingerprint density at radius 1 is 1.03 bits per heavy atom. The third-order valence-electron chi connectivity index (χ3n) is 6.39. The minimum atomic E-state index is -0.437. The first-order valence-corrected chi connectivity index (χ1v) is 13.0. The number of hydrogen-bond acceptors (Lipinski definition) is 6. The first-order valence-electron chi connectivity index (χ1n) is 11.4. The lowest BCUT2D eigenvalue weighted by Crippen LogP contribution is -2.29. The van der Waals surface area contributed by atoms with E-state index in [9.17, 15) is 9.59 Å². The van der Waals surface area contributed by atoms with Crippen LogP contribution < -0.4 is 25.0 Å². The molecule has 3 aromatic carbocycles. The number of hydrogen-bond donors (Lipinski definition) is 1. The number of nitrogens with one attached hydrogen (secondary N) is 1. The highest BCUT2D eigenvalue weighted by Gasteiger charge is 2.30. The summed E-state index contributed by atoms with van der Waals surface area (Å²) >= 11 is 7.73. The van der Waals surface area contributed by atoms with Gasteiger partial charge in [-0.2, -0.15) is 0 Å². The molecule has 4 rings (SSSR count). The minimum absolute atomic E-state index is 0.112. The number of carbonyl (C=O) groups excluding carboxylic acids is 1. The Bertz CT molecular complexity index is 1390. The maximum Gasteiger partial charge on any atom is 0.253 e. The lowest BCUT2D eigenvalue weighted by molar-refractivity contribution is 0.0935. The molecule has 0 saturated carbocycles. The summed E-state index contributed by atoms with van der Waals surface area (Å²) in [5.41, 5.74) is 4.51. The molecule has 0 radical (unpaired) electrons. The van der Waals surface area contributed by atoms with Crippen LogP contribution >= 0.6 is 23.4 Å². The number of ether oxygens (including phenoxy) is 3. The molecule has 188 valence electrons. The predicted octanol–water partition coefficient (Wildman–Crippen LogP) is 5.84. The number of amides is 1. The maximum atomic E-state index is 13.3. The first-order chi connectivity index (χ1) is 17.3. The third-order valence-corrected chi connectivity index (χ3v) is 7.50. The van der Waals surface area contributed by atoms with Crippen LogP contribution in [-0.4, -0.2) is 33.5 Å². The molecular formula is C28H28ClNO5S. The van der Waals surface area contributed by atoms with Crippen LogP contribution in [0.2, 0.25) is 5.02 Å². The number of rotatable bonds is 6. The van der Waals surface area contributed by atoms with Crippen molar-refractivity contribution in [3.05, 3.63) is 80.0 Å². The quantitative estimate of drug-likeness (QED) is 0.407. The summed E-state index contributed by atoms with van der Waals surface area (Å²) in [6.07, 6.45) is 3.04. The van der Waals surface area contributed by atoms with Crippen LogP contribution in [0, 0.1) is 6.92 Å². The number of carbonyl (C=O) groups is 1. The number of thioether (sulfide) groups is 1. The molecule has 6 nitrogen and oxygen atoms in total. The fourth-order valence-electron chi connectivity index (χ4n) is 4.67. The van der Waals surface area contributed by atoms with Crippen LogP contribution in [-0.2, 0) is 6.42 Å². The van der Waals surface area contributed by atoms with E-state index in [2.05, 4.69) is 5.32 Å². The lowest BCUT2D eigenvalue weighted by atomic mass is 9.95. The van der Waals surface area contributed by atoms with E-state index < -0.39 is 6.04 Å². The highest BCUT2D eigenvalue weighted by molar-refractivity contribution is 7.98. The van der Waals surface area contributed by atoms with E-state index in [1.54, 1.807) is 39.5 Å². The molecule has 8 heteroatoms. The van der Waals surface area contributed by atoms with E-state index in [1.807, 2.05) is 37.4 Å². The zero-order valence-corrected chi connectivity index (χ0v) is 22.4. The molecule has 3 aromatic rings. The second kappa shape index (κ2) is 10.8. The van der Waals surface area contributed by atoms with Gasteiger partial charge in [0.15, 0.2) is 16.9 Å². The maximum absolute atomic E-state index is 13.3. The van der Waals surface area contributed by atoms with E-state index in [1.165, 1.54) is 11.8 Å². The van der Waals surface area contributed by atoms with Crippen molar-refractivity contribution in [2.24, 2.45) is 0 Å². The Balaban J connectivity index is 1.94. The Hall–Kier alpha value is -3.16. The molecule has 1 aliphatic carbocycles. The summed E-state index contributed by atoms with van der Waals surface area (Å²) in [6.45, 7) is 1.91. The SMILES string of the molecule is COc1cc2c(c(OC)c1OC)-c1ccc(SC)c(=O)cc1[C@@H](NC(=O)c1cc(C)ccc1Cl)CC2. The molecular weight excluding hydrogens is 498 g/mol. The van der Waals surface area contributed by atoms with Crippen LogP contribution in [0.15, 0.2) is 52.2 Å².